The molecule has 2 nitrogen and oxygen atoms in total. The lowest BCUT2D eigenvalue weighted by Crippen LogP contribution is -2.35. The molecular weight excluding hydrogens is 170 g/mol. The summed E-state index contributed by atoms with van der Waals surface area (Å²) < 4.78 is 14.6. The van der Waals surface area contributed by atoms with Gasteiger partial charge in [0.05, 0.1) is 11.0 Å². The minimum Gasteiger partial charge on any atom is -0.243 e. The van der Waals surface area contributed by atoms with Crippen molar-refractivity contribution in [2.45, 2.75) is 57.2 Å². The van der Waals surface area contributed by atoms with Gasteiger partial charge in [0, 0.05) is 11.3 Å². The van der Waals surface area contributed by atoms with Gasteiger partial charge in [-0.3, -0.25) is 0 Å². The Morgan fingerprint density at radius 2 is 1.83 bits per heavy atom. The fourth-order valence-corrected chi connectivity index (χ4v) is 2.36. The predicted octanol–water partition coefficient (Wildman–Crippen LogP) is 1.98. The minimum atomic E-state index is -0.819. The minimum absolute atomic E-state index is 0.243. The van der Waals surface area contributed by atoms with Gasteiger partial charge in [-0.25, -0.2) is 8.93 Å². The number of hydrogen-bond donors (Lipinski definition) is 1. The van der Waals surface area contributed by atoms with Crippen LogP contribution in [0.4, 0.5) is 0 Å². The summed E-state index contributed by atoms with van der Waals surface area (Å²) in [5, 5.41) is 0.243. The van der Waals surface area contributed by atoms with E-state index in [0.717, 1.165) is 0 Å². The van der Waals surface area contributed by atoms with E-state index in [2.05, 4.69) is 4.72 Å². The van der Waals surface area contributed by atoms with Crippen LogP contribution in [0.3, 0.4) is 0 Å². The molecule has 3 heteroatoms. The fraction of sp³-hybridized carbons (Fsp3) is 1.00. The summed E-state index contributed by atoms with van der Waals surface area (Å²) in [5.74, 6) is 0. The van der Waals surface area contributed by atoms with Crippen LogP contribution in [0, 0.1) is 0 Å². The molecule has 12 heavy (non-hydrogen) atoms. The molecule has 0 aromatic heterocycles. The number of rotatable bonds is 3. The lowest BCUT2D eigenvalue weighted by Gasteiger charge is -2.22. The molecule has 0 saturated heterocycles. The molecule has 0 spiro atoms. The Labute approximate surface area is 77.7 Å². The second-order valence-electron chi connectivity index (χ2n) is 3.80. The molecule has 0 amide bonds. The molecule has 1 N–H and O–H groups in total. The van der Waals surface area contributed by atoms with Crippen LogP contribution in [0.25, 0.3) is 0 Å². The summed E-state index contributed by atoms with van der Waals surface area (Å²) in [4.78, 5) is 0. The molecule has 0 aliphatic heterocycles. The Morgan fingerprint density at radius 3 is 2.33 bits per heavy atom. The first kappa shape index (κ1) is 10.2. The average Bonchev–Trinajstić information content (AvgIpc) is 2.06. The zero-order chi connectivity index (χ0) is 8.97. The Morgan fingerprint density at radius 1 is 1.25 bits per heavy atom. The van der Waals surface area contributed by atoms with E-state index in [4.69, 9.17) is 0 Å². The highest BCUT2D eigenvalue weighted by molar-refractivity contribution is 7.83. The van der Waals surface area contributed by atoms with Crippen molar-refractivity contribution in [3.8, 4) is 0 Å². The molecule has 1 aliphatic rings. The molecule has 1 atom stereocenters. The molecule has 0 heterocycles. The van der Waals surface area contributed by atoms with E-state index in [1.54, 1.807) is 0 Å². The molecule has 0 aromatic carbocycles. The Bertz CT molecular complexity index is 153. The van der Waals surface area contributed by atoms with Gasteiger partial charge in [0.25, 0.3) is 0 Å². The summed E-state index contributed by atoms with van der Waals surface area (Å²) in [6, 6.07) is 0.516. The molecule has 1 aliphatic carbocycles. The molecule has 1 unspecified atom stereocenters. The zero-order valence-electron chi connectivity index (χ0n) is 8.01. The average molecular weight is 189 g/mol. The van der Waals surface area contributed by atoms with Crippen molar-refractivity contribution < 1.29 is 4.21 Å². The molecule has 0 aromatic rings. The third-order valence-corrected chi connectivity index (χ3v) is 3.74. The van der Waals surface area contributed by atoms with Crippen molar-refractivity contribution >= 4 is 11.0 Å². The first-order chi connectivity index (χ1) is 5.70. The highest BCUT2D eigenvalue weighted by atomic mass is 32.2. The first-order valence-electron chi connectivity index (χ1n) is 4.87. The summed E-state index contributed by atoms with van der Waals surface area (Å²) >= 11 is 0. The molecule has 0 bridgehead atoms. The maximum absolute atomic E-state index is 11.4. The molecule has 1 saturated carbocycles. The fourth-order valence-electron chi connectivity index (χ4n) is 1.52. The van der Waals surface area contributed by atoms with Crippen LogP contribution < -0.4 is 4.72 Å². The second kappa shape index (κ2) is 4.97. The molecule has 1 fully saturated rings. The lowest BCUT2D eigenvalue weighted by atomic mass is 9.96. The van der Waals surface area contributed by atoms with E-state index in [9.17, 15) is 4.21 Å². The van der Waals surface area contributed by atoms with Gasteiger partial charge < -0.3 is 0 Å². The monoisotopic (exact) mass is 189 g/mol. The zero-order valence-corrected chi connectivity index (χ0v) is 8.82. The normalized spacial score (nSPS) is 22.9. The predicted molar refractivity (Wildman–Crippen MR) is 53.3 cm³/mol. The highest BCUT2D eigenvalue weighted by Crippen LogP contribution is 2.17. The van der Waals surface area contributed by atoms with Crippen molar-refractivity contribution in [1.29, 1.82) is 0 Å². The van der Waals surface area contributed by atoms with Crippen LogP contribution in [0.2, 0.25) is 0 Å². The van der Waals surface area contributed by atoms with E-state index >= 15 is 0 Å². The molecule has 0 radical (unpaired) electrons. The number of hydrogen-bond acceptors (Lipinski definition) is 1. The maximum Gasteiger partial charge on any atom is 0.0943 e. The summed E-state index contributed by atoms with van der Waals surface area (Å²) in [6.45, 7) is 3.98. The summed E-state index contributed by atoms with van der Waals surface area (Å²) in [6.07, 6.45) is 6.36. The van der Waals surface area contributed by atoms with E-state index in [-0.39, 0.29) is 5.25 Å². The van der Waals surface area contributed by atoms with Gasteiger partial charge in [-0.2, -0.15) is 0 Å². The van der Waals surface area contributed by atoms with Crippen molar-refractivity contribution in [3.05, 3.63) is 0 Å². The van der Waals surface area contributed by atoms with Gasteiger partial charge in [-0.05, 0) is 26.7 Å². The SMILES string of the molecule is CC(C)S(=O)NC1CCCCC1. The second-order valence-corrected chi connectivity index (χ2v) is 5.57. The standard InChI is InChI=1S/C9H19NOS/c1-8(2)12(11)10-9-6-4-3-5-7-9/h8-10H,3-7H2,1-2H3. The van der Waals surface area contributed by atoms with Crippen molar-refractivity contribution in [2.24, 2.45) is 0 Å². The van der Waals surface area contributed by atoms with Gasteiger partial charge in [0.1, 0.15) is 0 Å². The van der Waals surface area contributed by atoms with Crippen LogP contribution in [0.5, 0.6) is 0 Å². The highest BCUT2D eigenvalue weighted by Gasteiger charge is 2.16. The summed E-state index contributed by atoms with van der Waals surface area (Å²) in [7, 11) is -0.819. The van der Waals surface area contributed by atoms with E-state index in [0.29, 0.717) is 6.04 Å². The van der Waals surface area contributed by atoms with Crippen LogP contribution in [0.1, 0.15) is 46.0 Å². The topological polar surface area (TPSA) is 29.1 Å². The lowest BCUT2D eigenvalue weighted by molar-refractivity contribution is 0.418. The Balaban J connectivity index is 2.24. The van der Waals surface area contributed by atoms with E-state index in [1.165, 1.54) is 32.1 Å². The smallest absolute Gasteiger partial charge is 0.0943 e. The van der Waals surface area contributed by atoms with Crippen molar-refractivity contribution in [2.75, 3.05) is 0 Å². The van der Waals surface area contributed by atoms with Gasteiger partial charge in [-0.15, -0.1) is 0 Å². The van der Waals surface area contributed by atoms with Crippen LogP contribution in [-0.4, -0.2) is 15.5 Å². The maximum atomic E-state index is 11.4. The summed E-state index contributed by atoms with van der Waals surface area (Å²) in [5.41, 5.74) is 0. The number of nitrogens with one attached hydrogen (secondary N) is 1. The van der Waals surface area contributed by atoms with Crippen LogP contribution >= 0.6 is 0 Å². The van der Waals surface area contributed by atoms with E-state index < -0.39 is 11.0 Å². The van der Waals surface area contributed by atoms with Crippen molar-refractivity contribution in [3.63, 3.8) is 0 Å². The van der Waals surface area contributed by atoms with Gasteiger partial charge in [0.2, 0.25) is 0 Å². The van der Waals surface area contributed by atoms with Crippen molar-refractivity contribution in [1.82, 2.24) is 4.72 Å². The van der Waals surface area contributed by atoms with Gasteiger partial charge in [0.15, 0.2) is 0 Å². The van der Waals surface area contributed by atoms with Crippen LogP contribution in [0.15, 0.2) is 0 Å². The van der Waals surface area contributed by atoms with Gasteiger partial charge >= 0.3 is 0 Å². The third-order valence-electron chi connectivity index (χ3n) is 2.32. The van der Waals surface area contributed by atoms with Crippen LogP contribution in [-0.2, 0) is 11.0 Å². The quantitative estimate of drug-likeness (QED) is 0.722. The molecule has 72 valence electrons. The largest absolute Gasteiger partial charge is 0.243 e. The Kier molecular flexibility index (Phi) is 4.22. The Hall–Kier alpha value is 0.110. The first-order valence-corrected chi connectivity index (χ1v) is 6.08. The molecular formula is C9H19NOS. The molecule has 1 rings (SSSR count). The third kappa shape index (κ3) is 3.23. The van der Waals surface area contributed by atoms with Gasteiger partial charge in [-0.1, -0.05) is 19.3 Å². The van der Waals surface area contributed by atoms with E-state index in [1.807, 2.05) is 13.8 Å².